The van der Waals surface area contributed by atoms with Crippen LogP contribution in [0.1, 0.15) is 24.3 Å². The van der Waals surface area contributed by atoms with Crippen LogP contribution in [-0.4, -0.2) is 11.8 Å². The number of rotatable bonds is 1. The highest BCUT2D eigenvalue weighted by Crippen LogP contribution is 2.58. The third-order valence-electron chi connectivity index (χ3n) is 3.40. The maximum absolute atomic E-state index is 13.1. The lowest BCUT2D eigenvalue weighted by atomic mass is 9.86. The first-order valence-corrected chi connectivity index (χ1v) is 5.34. The van der Waals surface area contributed by atoms with Gasteiger partial charge in [-0.3, -0.25) is 4.79 Å². The molecule has 0 unspecified atom stereocenters. The van der Waals surface area contributed by atoms with E-state index in [1.54, 1.807) is 12.1 Å². The van der Waals surface area contributed by atoms with Crippen LogP contribution in [0.25, 0.3) is 0 Å². The van der Waals surface area contributed by atoms with Gasteiger partial charge in [0.1, 0.15) is 0 Å². The Bertz CT molecular complexity index is 458. The lowest BCUT2D eigenvalue weighted by molar-refractivity contribution is -0.117. The fraction of sp³-hybridized carbons (Fsp3) is 0.417. The van der Waals surface area contributed by atoms with E-state index in [0.717, 1.165) is 5.56 Å². The Hall–Kier alpha value is -1.45. The van der Waals surface area contributed by atoms with E-state index in [2.05, 4.69) is 5.32 Å². The largest absolute Gasteiger partial charge is 0.326 e. The Morgan fingerprint density at radius 1 is 1.31 bits per heavy atom. The zero-order valence-corrected chi connectivity index (χ0v) is 8.54. The van der Waals surface area contributed by atoms with Crippen LogP contribution in [0.2, 0.25) is 0 Å². The predicted molar refractivity (Wildman–Crippen MR) is 55.5 cm³/mol. The molecule has 2 nitrogen and oxygen atoms in total. The van der Waals surface area contributed by atoms with Gasteiger partial charge in [-0.25, -0.2) is 8.78 Å². The number of anilines is 1. The Labute approximate surface area is 91.7 Å². The Kier molecular flexibility index (Phi) is 1.85. The van der Waals surface area contributed by atoms with Gasteiger partial charge in [0.25, 0.3) is 5.92 Å². The average molecular weight is 223 g/mol. The first kappa shape index (κ1) is 9.75. The first-order valence-electron chi connectivity index (χ1n) is 5.34. The molecule has 0 spiro atoms. The number of hydrogen-bond acceptors (Lipinski definition) is 1. The van der Waals surface area contributed by atoms with Crippen molar-refractivity contribution in [1.82, 2.24) is 0 Å². The van der Waals surface area contributed by atoms with Gasteiger partial charge < -0.3 is 5.32 Å². The number of halogens is 2. The van der Waals surface area contributed by atoms with Crippen LogP contribution in [-0.2, 0) is 4.79 Å². The molecule has 1 fully saturated rings. The number of hydrogen-bond donors (Lipinski definition) is 1. The number of amides is 1. The third kappa shape index (κ3) is 1.40. The molecular formula is C12H11F2NO. The van der Waals surface area contributed by atoms with Gasteiger partial charge in [0.15, 0.2) is 0 Å². The zero-order valence-electron chi connectivity index (χ0n) is 8.54. The van der Waals surface area contributed by atoms with Gasteiger partial charge in [-0.2, -0.15) is 0 Å². The van der Waals surface area contributed by atoms with Crippen LogP contribution in [0.5, 0.6) is 0 Å². The topological polar surface area (TPSA) is 29.1 Å². The van der Waals surface area contributed by atoms with Gasteiger partial charge in [-0.05, 0) is 11.6 Å². The molecular weight excluding hydrogens is 212 g/mol. The van der Waals surface area contributed by atoms with Crippen molar-refractivity contribution in [3.63, 3.8) is 0 Å². The monoisotopic (exact) mass is 223 g/mol. The highest BCUT2D eigenvalue weighted by atomic mass is 19.3. The molecule has 16 heavy (non-hydrogen) atoms. The molecule has 3 rings (SSSR count). The molecule has 84 valence electrons. The molecule has 0 radical (unpaired) electrons. The molecule has 2 atom stereocenters. The summed E-state index contributed by atoms with van der Waals surface area (Å²) in [6.07, 6.45) is 0.0938. The summed E-state index contributed by atoms with van der Waals surface area (Å²) in [7, 11) is 0. The number of para-hydroxylation sites is 1. The average Bonchev–Trinajstić information content (AvgIpc) is 2.86. The van der Waals surface area contributed by atoms with Crippen LogP contribution >= 0.6 is 0 Å². The van der Waals surface area contributed by atoms with E-state index in [0.29, 0.717) is 5.69 Å². The Morgan fingerprint density at radius 2 is 2.00 bits per heavy atom. The van der Waals surface area contributed by atoms with Gasteiger partial charge in [0.05, 0.1) is 0 Å². The second-order valence-corrected chi connectivity index (χ2v) is 4.52. The van der Waals surface area contributed by atoms with Gasteiger partial charge in [-0.15, -0.1) is 0 Å². The quantitative estimate of drug-likeness (QED) is 0.779. The molecule has 0 aromatic heterocycles. The highest BCUT2D eigenvalue weighted by Gasteiger charge is 2.61. The maximum Gasteiger partial charge on any atom is 0.252 e. The van der Waals surface area contributed by atoms with E-state index in [1.807, 2.05) is 12.1 Å². The maximum atomic E-state index is 13.1. The zero-order chi connectivity index (χ0) is 11.3. The van der Waals surface area contributed by atoms with Crippen LogP contribution in [0, 0.1) is 5.92 Å². The van der Waals surface area contributed by atoms with Crippen molar-refractivity contribution < 1.29 is 13.6 Å². The minimum Gasteiger partial charge on any atom is -0.326 e. The summed E-state index contributed by atoms with van der Waals surface area (Å²) in [5.41, 5.74) is 1.54. The fourth-order valence-electron chi connectivity index (χ4n) is 2.47. The normalized spacial score (nSPS) is 30.5. The van der Waals surface area contributed by atoms with Crippen molar-refractivity contribution in [3.05, 3.63) is 29.8 Å². The molecule has 0 bridgehead atoms. The number of fused-ring (bicyclic) bond motifs is 1. The van der Waals surface area contributed by atoms with Crippen LogP contribution < -0.4 is 5.32 Å². The molecule has 1 aromatic rings. The van der Waals surface area contributed by atoms with Crippen molar-refractivity contribution in [2.75, 3.05) is 5.32 Å². The molecule has 1 saturated carbocycles. The Balaban J connectivity index is 1.98. The van der Waals surface area contributed by atoms with E-state index < -0.39 is 11.8 Å². The van der Waals surface area contributed by atoms with E-state index in [4.69, 9.17) is 0 Å². The minimum atomic E-state index is -2.57. The van der Waals surface area contributed by atoms with E-state index >= 15 is 0 Å². The molecule has 2 aliphatic rings. The first-order chi connectivity index (χ1) is 7.58. The van der Waals surface area contributed by atoms with Crippen molar-refractivity contribution >= 4 is 11.6 Å². The van der Waals surface area contributed by atoms with Gasteiger partial charge in [-0.1, -0.05) is 18.2 Å². The van der Waals surface area contributed by atoms with Crippen LogP contribution in [0.3, 0.4) is 0 Å². The van der Waals surface area contributed by atoms with Gasteiger partial charge in [0.2, 0.25) is 5.91 Å². The van der Waals surface area contributed by atoms with E-state index in [1.165, 1.54) is 0 Å². The Morgan fingerprint density at radius 3 is 2.69 bits per heavy atom. The number of benzene rings is 1. The number of carbonyl (C=O) groups excluding carboxylic acids is 1. The van der Waals surface area contributed by atoms with E-state index in [9.17, 15) is 13.6 Å². The molecule has 1 aliphatic carbocycles. The van der Waals surface area contributed by atoms with E-state index in [-0.39, 0.29) is 24.7 Å². The van der Waals surface area contributed by atoms with Crippen molar-refractivity contribution in [2.45, 2.75) is 24.7 Å². The molecule has 4 heteroatoms. The number of carbonyl (C=O) groups is 1. The highest BCUT2D eigenvalue weighted by molar-refractivity contribution is 5.94. The number of alkyl halides is 2. The summed E-state index contributed by atoms with van der Waals surface area (Å²) >= 11 is 0. The standard InChI is InChI=1S/C12H11F2NO/c13-12(14)6-9(12)8-5-11(16)15-10-4-2-1-3-7(8)10/h1-4,8-9H,5-6H2,(H,15,16)/t8-,9-/m0/s1. The third-order valence-corrected chi connectivity index (χ3v) is 3.40. The summed E-state index contributed by atoms with van der Waals surface area (Å²) in [5, 5.41) is 2.72. The van der Waals surface area contributed by atoms with Crippen molar-refractivity contribution in [2.24, 2.45) is 5.92 Å². The lowest BCUT2D eigenvalue weighted by Crippen LogP contribution is -2.25. The summed E-state index contributed by atoms with van der Waals surface area (Å²) < 4.78 is 26.1. The molecule has 1 aromatic carbocycles. The fourth-order valence-corrected chi connectivity index (χ4v) is 2.47. The van der Waals surface area contributed by atoms with Crippen LogP contribution in [0.15, 0.2) is 24.3 Å². The lowest BCUT2D eigenvalue weighted by Gasteiger charge is -2.25. The second kappa shape index (κ2) is 3.03. The van der Waals surface area contributed by atoms with Crippen molar-refractivity contribution in [1.29, 1.82) is 0 Å². The molecule has 0 saturated heterocycles. The summed E-state index contributed by atoms with van der Waals surface area (Å²) in [5.74, 6) is -3.71. The summed E-state index contributed by atoms with van der Waals surface area (Å²) in [6, 6.07) is 7.21. The predicted octanol–water partition coefficient (Wildman–Crippen LogP) is 2.77. The van der Waals surface area contributed by atoms with Gasteiger partial charge >= 0.3 is 0 Å². The van der Waals surface area contributed by atoms with Crippen LogP contribution in [0.4, 0.5) is 14.5 Å². The minimum absolute atomic E-state index is 0.0840. The van der Waals surface area contributed by atoms with Gasteiger partial charge in [0, 0.05) is 30.4 Å². The summed E-state index contributed by atoms with van der Waals surface area (Å²) in [6.45, 7) is 0. The van der Waals surface area contributed by atoms with Crippen molar-refractivity contribution in [3.8, 4) is 0 Å². The number of nitrogens with one attached hydrogen (secondary N) is 1. The molecule has 1 amide bonds. The smallest absolute Gasteiger partial charge is 0.252 e. The molecule has 1 aliphatic heterocycles. The molecule has 1 heterocycles. The second-order valence-electron chi connectivity index (χ2n) is 4.52. The molecule has 1 N–H and O–H groups in total. The summed E-state index contributed by atoms with van der Waals surface area (Å²) in [4.78, 5) is 11.4. The SMILES string of the molecule is O=C1C[C@H]([C@@H]2CC2(F)F)c2ccccc2N1.